The third-order valence-electron chi connectivity index (χ3n) is 2.38. The van der Waals surface area contributed by atoms with Crippen LogP contribution in [0.3, 0.4) is 0 Å². The second-order valence-corrected chi connectivity index (χ2v) is 4.63. The number of rotatable bonds is 6. The van der Waals surface area contributed by atoms with Crippen LogP contribution in [0.15, 0.2) is 0 Å². The first-order chi connectivity index (χ1) is 7.29. The van der Waals surface area contributed by atoms with E-state index in [9.17, 15) is 0 Å². The highest BCUT2D eigenvalue weighted by atomic mass is 32.1. The zero-order valence-electron chi connectivity index (χ0n) is 9.19. The van der Waals surface area contributed by atoms with E-state index in [1.807, 2.05) is 6.92 Å². The van der Waals surface area contributed by atoms with Gasteiger partial charge < -0.3 is 10.1 Å². The highest BCUT2D eigenvalue weighted by molar-refractivity contribution is 7.09. The Morgan fingerprint density at radius 2 is 2.40 bits per heavy atom. The fourth-order valence-electron chi connectivity index (χ4n) is 1.39. The van der Waals surface area contributed by atoms with E-state index in [1.165, 1.54) is 24.4 Å². The number of hydrogen-bond acceptors (Lipinski definition) is 5. The molecular formula is C10H17N3OS. The van der Waals surface area contributed by atoms with Gasteiger partial charge in [-0.3, -0.25) is 0 Å². The van der Waals surface area contributed by atoms with Crippen molar-refractivity contribution in [1.29, 1.82) is 0 Å². The van der Waals surface area contributed by atoms with Crippen molar-refractivity contribution in [2.75, 3.05) is 18.5 Å². The van der Waals surface area contributed by atoms with Gasteiger partial charge >= 0.3 is 0 Å². The van der Waals surface area contributed by atoms with E-state index in [4.69, 9.17) is 4.74 Å². The Morgan fingerprint density at radius 1 is 1.60 bits per heavy atom. The molecule has 1 atom stereocenters. The van der Waals surface area contributed by atoms with E-state index in [1.54, 1.807) is 0 Å². The van der Waals surface area contributed by atoms with E-state index in [-0.39, 0.29) is 6.10 Å². The molecule has 1 aromatic heterocycles. The number of ether oxygens (including phenoxy) is 1. The van der Waals surface area contributed by atoms with Crippen molar-refractivity contribution in [3.8, 4) is 0 Å². The van der Waals surface area contributed by atoms with Crippen LogP contribution < -0.4 is 5.32 Å². The van der Waals surface area contributed by atoms with Crippen molar-refractivity contribution in [3.63, 3.8) is 0 Å². The van der Waals surface area contributed by atoms with Gasteiger partial charge in [-0.05, 0) is 26.7 Å². The largest absolute Gasteiger partial charge is 0.377 e. The van der Waals surface area contributed by atoms with Crippen molar-refractivity contribution in [1.82, 2.24) is 9.36 Å². The summed E-state index contributed by atoms with van der Waals surface area (Å²) in [5.41, 5.74) is 0. The highest BCUT2D eigenvalue weighted by Crippen LogP contribution is 2.39. The molecule has 0 aliphatic heterocycles. The van der Waals surface area contributed by atoms with Gasteiger partial charge in [-0.2, -0.15) is 4.37 Å². The third kappa shape index (κ3) is 3.14. The molecule has 0 bridgehead atoms. The van der Waals surface area contributed by atoms with Gasteiger partial charge in [0.15, 0.2) is 0 Å². The second kappa shape index (κ2) is 4.90. The summed E-state index contributed by atoms with van der Waals surface area (Å²) in [4.78, 5) is 4.45. The number of nitrogens with one attached hydrogen (secondary N) is 1. The maximum absolute atomic E-state index is 5.42. The SMILES string of the molecule is CCOC(C)CNc1nc(C2CC2)ns1. The zero-order valence-corrected chi connectivity index (χ0v) is 10.0. The van der Waals surface area contributed by atoms with Gasteiger partial charge in [0.05, 0.1) is 6.10 Å². The highest BCUT2D eigenvalue weighted by Gasteiger charge is 2.27. The summed E-state index contributed by atoms with van der Waals surface area (Å²) in [5.74, 6) is 1.66. The van der Waals surface area contributed by atoms with E-state index in [0.29, 0.717) is 5.92 Å². The molecule has 1 aliphatic carbocycles. The minimum atomic E-state index is 0.225. The molecule has 2 rings (SSSR count). The smallest absolute Gasteiger partial charge is 0.202 e. The number of hydrogen-bond donors (Lipinski definition) is 1. The van der Waals surface area contributed by atoms with Crippen molar-refractivity contribution >= 4 is 16.7 Å². The summed E-state index contributed by atoms with van der Waals surface area (Å²) in [6.07, 6.45) is 2.74. The van der Waals surface area contributed by atoms with Crippen molar-refractivity contribution < 1.29 is 4.74 Å². The molecule has 0 saturated heterocycles. The molecule has 1 N–H and O–H groups in total. The molecule has 1 aromatic rings. The quantitative estimate of drug-likeness (QED) is 0.809. The summed E-state index contributed by atoms with van der Waals surface area (Å²) in [6.45, 7) is 5.62. The average Bonchev–Trinajstić information content (AvgIpc) is 2.96. The molecule has 15 heavy (non-hydrogen) atoms. The number of anilines is 1. The van der Waals surface area contributed by atoms with Gasteiger partial charge in [-0.15, -0.1) is 0 Å². The van der Waals surface area contributed by atoms with Crippen LogP contribution in [0.25, 0.3) is 0 Å². The van der Waals surface area contributed by atoms with Gasteiger partial charge in [0, 0.05) is 30.6 Å². The Hall–Kier alpha value is -0.680. The molecule has 1 heterocycles. The first kappa shape index (κ1) is 10.8. The number of nitrogens with zero attached hydrogens (tertiary/aromatic N) is 2. The molecule has 84 valence electrons. The molecule has 1 saturated carbocycles. The Morgan fingerprint density at radius 3 is 3.07 bits per heavy atom. The Labute approximate surface area is 94.2 Å². The predicted molar refractivity (Wildman–Crippen MR) is 61.5 cm³/mol. The number of aromatic nitrogens is 2. The average molecular weight is 227 g/mol. The Bertz CT molecular complexity index is 311. The molecule has 5 heteroatoms. The summed E-state index contributed by atoms with van der Waals surface area (Å²) >= 11 is 1.45. The lowest BCUT2D eigenvalue weighted by Gasteiger charge is -2.10. The third-order valence-corrected chi connectivity index (χ3v) is 3.06. The van der Waals surface area contributed by atoms with Crippen LogP contribution >= 0.6 is 11.5 Å². The summed E-state index contributed by atoms with van der Waals surface area (Å²) in [5, 5.41) is 4.17. The molecule has 1 unspecified atom stereocenters. The van der Waals surface area contributed by atoms with Crippen LogP contribution in [0, 0.1) is 0 Å². The molecule has 0 amide bonds. The van der Waals surface area contributed by atoms with Gasteiger partial charge in [-0.25, -0.2) is 4.98 Å². The fourth-order valence-corrected chi connectivity index (χ4v) is 2.04. The first-order valence-corrected chi connectivity index (χ1v) is 6.26. The maximum atomic E-state index is 5.42. The molecular weight excluding hydrogens is 210 g/mol. The van der Waals surface area contributed by atoms with E-state index in [0.717, 1.165) is 24.1 Å². The lowest BCUT2D eigenvalue weighted by Crippen LogP contribution is -2.19. The predicted octanol–water partition coefficient (Wildman–Crippen LogP) is 2.25. The minimum absolute atomic E-state index is 0.225. The molecule has 0 radical (unpaired) electrons. The zero-order chi connectivity index (χ0) is 10.7. The summed E-state index contributed by atoms with van der Waals surface area (Å²) in [7, 11) is 0. The molecule has 1 aliphatic rings. The van der Waals surface area contributed by atoms with Crippen molar-refractivity contribution in [2.45, 2.75) is 38.7 Å². The van der Waals surface area contributed by atoms with Crippen molar-refractivity contribution in [3.05, 3.63) is 5.82 Å². The molecule has 1 fully saturated rings. The van der Waals surface area contributed by atoms with E-state index >= 15 is 0 Å². The summed E-state index contributed by atoms with van der Waals surface area (Å²) < 4.78 is 9.75. The molecule has 0 spiro atoms. The topological polar surface area (TPSA) is 47.0 Å². The van der Waals surface area contributed by atoms with E-state index < -0.39 is 0 Å². The van der Waals surface area contributed by atoms with Crippen LogP contribution in [0.4, 0.5) is 5.13 Å². The van der Waals surface area contributed by atoms with Crippen molar-refractivity contribution in [2.24, 2.45) is 0 Å². The first-order valence-electron chi connectivity index (χ1n) is 5.48. The van der Waals surface area contributed by atoms with Gasteiger partial charge in [0.2, 0.25) is 5.13 Å². The van der Waals surface area contributed by atoms with Gasteiger partial charge in [-0.1, -0.05) is 0 Å². The second-order valence-electron chi connectivity index (χ2n) is 3.88. The maximum Gasteiger partial charge on any atom is 0.202 e. The lowest BCUT2D eigenvalue weighted by molar-refractivity contribution is 0.0855. The standard InChI is InChI=1S/C10H17N3OS/c1-3-14-7(2)6-11-10-12-9(13-15-10)8-4-5-8/h7-8H,3-6H2,1-2H3,(H,11,12,13). The summed E-state index contributed by atoms with van der Waals surface area (Å²) in [6, 6.07) is 0. The minimum Gasteiger partial charge on any atom is -0.377 e. The monoisotopic (exact) mass is 227 g/mol. The Balaban J connectivity index is 1.77. The van der Waals surface area contributed by atoms with Crippen LogP contribution in [0.2, 0.25) is 0 Å². The van der Waals surface area contributed by atoms with E-state index in [2.05, 4.69) is 21.6 Å². The van der Waals surface area contributed by atoms with Gasteiger partial charge in [0.1, 0.15) is 5.82 Å². The lowest BCUT2D eigenvalue weighted by atomic mass is 10.4. The van der Waals surface area contributed by atoms with Crippen LogP contribution in [0.1, 0.15) is 38.4 Å². The Kier molecular flexibility index (Phi) is 3.53. The molecule has 4 nitrogen and oxygen atoms in total. The van der Waals surface area contributed by atoms with Gasteiger partial charge in [0.25, 0.3) is 0 Å². The van der Waals surface area contributed by atoms with Crippen LogP contribution in [0.5, 0.6) is 0 Å². The van der Waals surface area contributed by atoms with Crippen LogP contribution in [-0.2, 0) is 4.74 Å². The molecule has 0 aromatic carbocycles. The van der Waals surface area contributed by atoms with Crippen LogP contribution in [-0.4, -0.2) is 28.6 Å². The normalized spacial score (nSPS) is 17.7. The fraction of sp³-hybridized carbons (Fsp3) is 0.800.